The van der Waals surface area contributed by atoms with Gasteiger partial charge in [-0.15, -0.1) is 16.8 Å². The van der Waals surface area contributed by atoms with E-state index in [-0.39, 0.29) is 18.3 Å². The summed E-state index contributed by atoms with van der Waals surface area (Å²) in [5.74, 6) is 1.65. The van der Waals surface area contributed by atoms with E-state index in [1.54, 1.807) is 6.08 Å². The Morgan fingerprint density at radius 3 is 2.53 bits per heavy atom. The van der Waals surface area contributed by atoms with Crippen LogP contribution in [0.4, 0.5) is 5.69 Å². The van der Waals surface area contributed by atoms with Crippen molar-refractivity contribution in [1.82, 2.24) is 14.8 Å². The van der Waals surface area contributed by atoms with Crippen LogP contribution in [0.25, 0.3) is 0 Å². The molecule has 0 atom stereocenters. The number of para-hydroxylation sites is 1. The fourth-order valence-corrected chi connectivity index (χ4v) is 4.53. The molecular weight excluding hydrogens is 488 g/mol. The molecule has 8 heteroatoms. The van der Waals surface area contributed by atoms with Gasteiger partial charge in [0, 0.05) is 11.0 Å². The molecule has 0 aliphatic heterocycles. The van der Waals surface area contributed by atoms with Gasteiger partial charge in [0.1, 0.15) is 12.4 Å². The number of ether oxygens (including phenoxy) is 1. The number of amides is 1. The third-order valence-corrected chi connectivity index (χ3v) is 6.67. The molecule has 1 heterocycles. The van der Waals surface area contributed by atoms with Crippen LogP contribution >= 0.6 is 27.7 Å². The molecule has 3 rings (SSSR count). The highest BCUT2D eigenvalue weighted by atomic mass is 79.9. The third-order valence-electron chi connectivity index (χ3n) is 5.05. The van der Waals surface area contributed by atoms with E-state index in [4.69, 9.17) is 4.74 Å². The van der Waals surface area contributed by atoms with Crippen molar-refractivity contribution in [3.63, 3.8) is 0 Å². The van der Waals surface area contributed by atoms with E-state index in [0.29, 0.717) is 17.5 Å². The van der Waals surface area contributed by atoms with Crippen LogP contribution in [0, 0.1) is 27.7 Å². The Morgan fingerprint density at radius 2 is 1.84 bits per heavy atom. The summed E-state index contributed by atoms with van der Waals surface area (Å²) in [6, 6.07) is 10.0. The fourth-order valence-electron chi connectivity index (χ4n) is 3.20. The molecule has 6 nitrogen and oxygen atoms in total. The molecular formula is C24H27BrN4O2S. The maximum absolute atomic E-state index is 12.5. The van der Waals surface area contributed by atoms with Gasteiger partial charge in [-0.05, 0) is 78.0 Å². The minimum Gasteiger partial charge on any atom is -0.485 e. The van der Waals surface area contributed by atoms with Crippen molar-refractivity contribution in [1.29, 1.82) is 0 Å². The predicted molar refractivity (Wildman–Crippen MR) is 133 cm³/mol. The van der Waals surface area contributed by atoms with Crippen LogP contribution in [0.15, 0.2) is 52.6 Å². The van der Waals surface area contributed by atoms with E-state index in [0.717, 1.165) is 38.2 Å². The molecule has 0 radical (unpaired) electrons. The Bertz CT molecular complexity index is 1120. The number of halogens is 1. The zero-order chi connectivity index (χ0) is 23.3. The lowest BCUT2D eigenvalue weighted by Crippen LogP contribution is -2.15. The van der Waals surface area contributed by atoms with E-state index < -0.39 is 0 Å². The molecule has 0 spiro atoms. The minimum absolute atomic E-state index is 0.111. The van der Waals surface area contributed by atoms with Crippen molar-refractivity contribution < 1.29 is 9.53 Å². The number of rotatable bonds is 9. The second-order valence-corrected chi connectivity index (χ2v) is 9.36. The number of benzene rings is 2. The minimum atomic E-state index is -0.111. The maximum atomic E-state index is 12.5. The molecule has 0 saturated carbocycles. The first-order chi connectivity index (χ1) is 15.3. The number of nitrogens with zero attached hydrogens (tertiary/aromatic N) is 3. The normalized spacial score (nSPS) is 10.8. The Morgan fingerprint density at radius 1 is 1.16 bits per heavy atom. The molecule has 168 valence electrons. The summed E-state index contributed by atoms with van der Waals surface area (Å²) < 4.78 is 8.82. The van der Waals surface area contributed by atoms with Gasteiger partial charge in [0.25, 0.3) is 0 Å². The van der Waals surface area contributed by atoms with Crippen LogP contribution in [-0.2, 0) is 17.9 Å². The van der Waals surface area contributed by atoms with Gasteiger partial charge in [-0.1, -0.05) is 36.0 Å². The number of allylic oxidation sites excluding steroid dienone is 1. The fraction of sp³-hybridized carbons (Fsp3) is 0.292. The highest BCUT2D eigenvalue weighted by molar-refractivity contribution is 9.10. The molecule has 0 fully saturated rings. The molecule has 1 amide bonds. The third kappa shape index (κ3) is 5.81. The quantitative estimate of drug-likeness (QED) is 0.290. The van der Waals surface area contributed by atoms with Crippen LogP contribution < -0.4 is 10.1 Å². The highest BCUT2D eigenvalue weighted by Crippen LogP contribution is 2.27. The number of anilines is 1. The SMILES string of the molecule is C=CCn1c(COc2c(C)cccc2C)nnc1SCC(=O)Nc1cc(C)c(C)cc1Br. The Labute approximate surface area is 201 Å². The number of carbonyl (C=O) groups excluding carboxylic acids is 1. The summed E-state index contributed by atoms with van der Waals surface area (Å²) >= 11 is 4.85. The monoisotopic (exact) mass is 514 g/mol. The maximum Gasteiger partial charge on any atom is 0.234 e. The van der Waals surface area contributed by atoms with Crippen molar-refractivity contribution in [2.75, 3.05) is 11.1 Å². The first-order valence-electron chi connectivity index (χ1n) is 10.2. The Kier molecular flexibility index (Phi) is 8.15. The average Bonchev–Trinajstić information content (AvgIpc) is 3.12. The zero-order valence-electron chi connectivity index (χ0n) is 18.7. The number of carbonyl (C=O) groups is 1. The van der Waals surface area contributed by atoms with Gasteiger partial charge in [0.05, 0.1) is 11.4 Å². The molecule has 3 aromatic rings. The molecule has 0 saturated heterocycles. The lowest BCUT2D eigenvalue weighted by molar-refractivity contribution is -0.113. The predicted octanol–water partition coefficient (Wildman–Crippen LogP) is 5.77. The summed E-state index contributed by atoms with van der Waals surface area (Å²) in [5.41, 5.74) is 5.19. The van der Waals surface area contributed by atoms with Crippen molar-refractivity contribution in [2.45, 2.75) is 46.0 Å². The number of nitrogens with one attached hydrogen (secondary N) is 1. The van der Waals surface area contributed by atoms with E-state index in [1.165, 1.54) is 11.8 Å². The Hall–Kier alpha value is -2.58. The molecule has 1 N–H and O–H groups in total. The number of thioether (sulfide) groups is 1. The van der Waals surface area contributed by atoms with Gasteiger partial charge < -0.3 is 10.1 Å². The number of hydrogen-bond acceptors (Lipinski definition) is 5. The summed E-state index contributed by atoms with van der Waals surface area (Å²) in [5, 5.41) is 12.2. The second-order valence-electron chi connectivity index (χ2n) is 7.56. The standard InChI is InChI=1S/C24H27BrN4O2S/c1-6-10-29-21(13-31-23-15(2)8-7-9-16(23)3)27-28-24(29)32-14-22(30)26-20-12-18(5)17(4)11-19(20)25/h6-9,11-12H,1,10,13-14H2,2-5H3,(H,26,30). The summed E-state index contributed by atoms with van der Waals surface area (Å²) in [6.45, 7) is 12.7. The van der Waals surface area contributed by atoms with Crippen LogP contribution in [0.2, 0.25) is 0 Å². The molecule has 0 aliphatic carbocycles. The molecule has 0 bridgehead atoms. The summed E-state index contributed by atoms with van der Waals surface area (Å²) in [4.78, 5) is 12.5. The van der Waals surface area contributed by atoms with Gasteiger partial charge >= 0.3 is 0 Å². The largest absolute Gasteiger partial charge is 0.485 e. The molecule has 0 unspecified atom stereocenters. The van der Waals surface area contributed by atoms with Gasteiger partial charge in [0.2, 0.25) is 5.91 Å². The van der Waals surface area contributed by atoms with Crippen LogP contribution in [0.3, 0.4) is 0 Å². The van der Waals surface area contributed by atoms with Gasteiger partial charge in [-0.25, -0.2) is 0 Å². The van der Waals surface area contributed by atoms with E-state index >= 15 is 0 Å². The number of aromatic nitrogens is 3. The lowest BCUT2D eigenvalue weighted by Gasteiger charge is -2.13. The molecule has 2 aromatic carbocycles. The zero-order valence-corrected chi connectivity index (χ0v) is 21.1. The topological polar surface area (TPSA) is 69.0 Å². The van der Waals surface area contributed by atoms with Crippen LogP contribution in [0.5, 0.6) is 5.75 Å². The first kappa shape index (κ1) is 24.1. The van der Waals surface area contributed by atoms with E-state index in [2.05, 4.69) is 38.0 Å². The van der Waals surface area contributed by atoms with Crippen molar-refractivity contribution >= 4 is 39.3 Å². The average molecular weight is 515 g/mol. The number of hydrogen-bond donors (Lipinski definition) is 1. The van der Waals surface area contributed by atoms with Crippen molar-refractivity contribution in [2.24, 2.45) is 0 Å². The second kappa shape index (κ2) is 10.8. The summed E-state index contributed by atoms with van der Waals surface area (Å²) in [6.07, 6.45) is 1.78. The highest BCUT2D eigenvalue weighted by Gasteiger charge is 2.16. The van der Waals surface area contributed by atoms with Gasteiger partial charge in [-0.2, -0.15) is 0 Å². The van der Waals surface area contributed by atoms with Crippen LogP contribution in [0.1, 0.15) is 28.1 Å². The summed E-state index contributed by atoms with van der Waals surface area (Å²) in [7, 11) is 0. The smallest absolute Gasteiger partial charge is 0.234 e. The van der Waals surface area contributed by atoms with Crippen molar-refractivity contribution in [3.05, 3.63) is 75.5 Å². The van der Waals surface area contributed by atoms with Gasteiger partial charge in [-0.3, -0.25) is 9.36 Å². The number of aryl methyl sites for hydroxylation is 4. The van der Waals surface area contributed by atoms with Crippen LogP contribution in [-0.4, -0.2) is 26.4 Å². The molecule has 0 aliphatic rings. The molecule has 32 heavy (non-hydrogen) atoms. The Balaban J connectivity index is 1.67. The van der Waals surface area contributed by atoms with Gasteiger partial charge in [0.15, 0.2) is 11.0 Å². The first-order valence-corrected chi connectivity index (χ1v) is 12.0. The van der Waals surface area contributed by atoms with Crippen molar-refractivity contribution in [3.8, 4) is 5.75 Å². The van der Waals surface area contributed by atoms with E-state index in [9.17, 15) is 4.79 Å². The van der Waals surface area contributed by atoms with E-state index in [1.807, 2.05) is 62.6 Å². The lowest BCUT2D eigenvalue weighted by atomic mass is 10.1. The molecule has 1 aromatic heterocycles.